The van der Waals surface area contributed by atoms with Crippen LogP contribution in [0.3, 0.4) is 0 Å². The van der Waals surface area contributed by atoms with E-state index in [4.69, 9.17) is 5.73 Å². The summed E-state index contributed by atoms with van der Waals surface area (Å²) in [5.74, 6) is 1.00. The SMILES string of the molecule is NC(=O)N1CCC(NCCC2CC2)CC1. The van der Waals surface area contributed by atoms with E-state index < -0.39 is 0 Å². The smallest absolute Gasteiger partial charge is 0.314 e. The molecular weight excluding hydrogens is 190 g/mol. The molecule has 0 atom stereocenters. The van der Waals surface area contributed by atoms with Gasteiger partial charge in [-0.25, -0.2) is 4.79 Å². The van der Waals surface area contributed by atoms with Crippen LogP contribution in [0.15, 0.2) is 0 Å². The molecule has 0 unspecified atom stereocenters. The van der Waals surface area contributed by atoms with Crippen LogP contribution in [0.2, 0.25) is 0 Å². The number of amides is 2. The van der Waals surface area contributed by atoms with Crippen molar-refractivity contribution in [2.24, 2.45) is 11.7 Å². The molecular formula is C11H21N3O. The first-order valence-electron chi connectivity index (χ1n) is 6.03. The highest BCUT2D eigenvalue weighted by atomic mass is 16.2. The number of hydrogen-bond acceptors (Lipinski definition) is 2. The quantitative estimate of drug-likeness (QED) is 0.726. The summed E-state index contributed by atoms with van der Waals surface area (Å²) in [6.45, 7) is 2.78. The molecule has 86 valence electrons. The van der Waals surface area contributed by atoms with Gasteiger partial charge in [-0.15, -0.1) is 0 Å². The minimum atomic E-state index is -0.272. The number of likely N-dealkylation sites (tertiary alicyclic amines) is 1. The molecule has 2 aliphatic rings. The molecule has 0 aromatic heterocycles. The lowest BCUT2D eigenvalue weighted by molar-refractivity contribution is 0.185. The first kappa shape index (κ1) is 10.7. The second-order valence-electron chi connectivity index (χ2n) is 4.79. The third-order valence-corrected chi connectivity index (χ3v) is 3.49. The first-order chi connectivity index (χ1) is 7.25. The van der Waals surface area contributed by atoms with Crippen molar-refractivity contribution in [3.05, 3.63) is 0 Å². The van der Waals surface area contributed by atoms with Crippen molar-refractivity contribution in [2.75, 3.05) is 19.6 Å². The molecule has 1 saturated heterocycles. The summed E-state index contributed by atoms with van der Waals surface area (Å²) in [4.78, 5) is 12.6. The van der Waals surface area contributed by atoms with Gasteiger partial charge in [0.1, 0.15) is 0 Å². The average molecular weight is 211 g/mol. The molecule has 4 heteroatoms. The number of hydrogen-bond donors (Lipinski definition) is 2. The van der Waals surface area contributed by atoms with Gasteiger partial charge in [-0.2, -0.15) is 0 Å². The maximum absolute atomic E-state index is 10.9. The number of piperidine rings is 1. The van der Waals surface area contributed by atoms with Crippen LogP contribution in [0.25, 0.3) is 0 Å². The van der Waals surface area contributed by atoms with E-state index >= 15 is 0 Å². The molecule has 2 amide bonds. The Balaban J connectivity index is 1.58. The predicted molar refractivity (Wildman–Crippen MR) is 59.5 cm³/mol. The van der Waals surface area contributed by atoms with E-state index in [1.54, 1.807) is 4.90 Å². The highest BCUT2D eigenvalue weighted by Gasteiger charge is 2.23. The van der Waals surface area contributed by atoms with Crippen LogP contribution in [-0.4, -0.2) is 36.6 Å². The largest absolute Gasteiger partial charge is 0.351 e. The number of carbonyl (C=O) groups is 1. The van der Waals surface area contributed by atoms with E-state index in [9.17, 15) is 4.79 Å². The van der Waals surface area contributed by atoms with E-state index in [0.717, 1.165) is 38.4 Å². The molecule has 0 spiro atoms. The van der Waals surface area contributed by atoms with E-state index in [-0.39, 0.29) is 6.03 Å². The van der Waals surface area contributed by atoms with Crippen LogP contribution in [-0.2, 0) is 0 Å². The van der Waals surface area contributed by atoms with Crippen molar-refractivity contribution in [1.29, 1.82) is 0 Å². The summed E-state index contributed by atoms with van der Waals surface area (Å²) < 4.78 is 0. The van der Waals surface area contributed by atoms with Crippen LogP contribution in [0.5, 0.6) is 0 Å². The summed E-state index contributed by atoms with van der Waals surface area (Å²) in [6.07, 6.45) is 6.29. The lowest BCUT2D eigenvalue weighted by atomic mass is 10.1. The van der Waals surface area contributed by atoms with Crippen LogP contribution in [0, 0.1) is 5.92 Å². The summed E-state index contributed by atoms with van der Waals surface area (Å²) in [5, 5.41) is 3.57. The van der Waals surface area contributed by atoms with Crippen molar-refractivity contribution in [3.8, 4) is 0 Å². The normalized spacial score (nSPS) is 23.1. The lowest BCUT2D eigenvalue weighted by Gasteiger charge is -2.31. The average Bonchev–Trinajstić information content (AvgIpc) is 3.02. The molecule has 1 aliphatic carbocycles. The number of carbonyl (C=O) groups excluding carboxylic acids is 1. The maximum atomic E-state index is 10.9. The topological polar surface area (TPSA) is 58.4 Å². The zero-order chi connectivity index (χ0) is 10.7. The number of rotatable bonds is 4. The molecule has 0 bridgehead atoms. The second kappa shape index (κ2) is 4.84. The second-order valence-corrected chi connectivity index (χ2v) is 4.79. The Morgan fingerprint density at radius 2 is 1.93 bits per heavy atom. The van der Waals surface area contributed by atoms with Gasteiger partial charge in [-0.3, -0.25) is 0 Å². The van der Waals surface area contributed by atoms with E-state index in [1.165, 1.54) is 19.3 Å². The van der Waals surface area contributed by atoms with Crippen LogP contribution < -0.4 is 11.1 Å². The zero-order valence-electron chi connectivity index (χ0n) is 9.24. The molecule has 2 rings (SSSR count). The van der Waals surface area contributed by atoms with E-state index in [0.29, 0.717) is 6.04 Å². The molecule has 1 heterocycles. The monoisotopic (exact) mass is 211 g/mol. The van der Waals surface area contributed by atoms with Gasteiger partial charge in [0.2, 0.25) is 0 Å². The van der Waals surface area contributed by atoms with Gasteiger partial charge in [0.25, 0.3) is 0 Å². The summed E-state index contributed by atoms with van der Waals surface area (Å²) in [5.41, 5.74) is 5.23. The molecule has 0 aromatic carbocycles. The highest BCUT2D eigenvalue weighted by Crippen LogP contribution is 2.31. The molecule has 1 aliphatic heterocycles. The first-order valence-corrected chi connectivity index (χ1v) is 6.03. The number of nitrogens with one attached hydrogen (secondary N) is 1. The fraction of sp³-hybridized carbons (Fsp3) is 0.909. The molecule has 2 fully saturated rings. The third-order valence-electron chi connectivity index (χ3n) is 3.49. The molecule has 0 radical (unpaired) electrons. The Labute approximate surface area is 91.2 Å². The van der Waals surface area contributed by atoms with Crippen LogP contribution >= 0.6 is 0 Å². The van der Waals surface area contributed by atoms with Crippen molar-refractivity contribution in [1.82, 2.24) is 10.2 Å². The highest BCUT2D eigenvalue weighted by molar-refractivity contribution is 5.72. The van der Waals surface area contributed by atoms with E-state index in [1.807, 2.05) is 0 Å². The molecule has 4 nitrogen and oxygen atoms in total. The van der Waals surface area contributed by atoms with Gasteiger partial charge in [0.05, 0.1) is 0 Å². The molecule has 0 aromatic rings. The number of primary amides is 1. The van der Waals surface area contributed by atoms with Crippen LogP contribution in [0.1, 0.15) is 32.1 Å². The van der Waals surface area contributed by atoms with Gasteiger partial charge in [0.15, 0.2) is 0 Å². The van der Waals surface area contributed by atoms with Gasteiger partial charge < -0.3 is 16.0 Å². The summed E-state index contributed by atoms with van der Waals surface area (Å²) in [6, 6.07) is 0.325. The fourth-order valence-corrected chi connectivity index (χ4v) is 2.20. The van der Waals surface area contributed by atoms with Gasteiger partial charge in [-0.05, 0) is 31.7 Å². The Morgan fingerprint density at radius 1 is 1.27 bits per heavy atom. The Hall–Kier alpha value is -0.770. The molecule has 15 heavy (non-hydrogen) atoms. The van der Waals surface area contributed by atoms with Gasteiger partial charge in [0, 0.05) is 19.1 Å². The Kier molecular flexibility index (Phi) is 3.46. The van der Waals surface area contributed by atoms with Crippen molar-refractivity contribution in [2.45, 2.75) is 38.1 Å². The van der Waals surface area contributed by atoms with Gasteiger partial charge in [-0.1, -0.05) is 12.8 Å². The molecule has 3 N–H and O–H groups in total. The molecule has 1 saturated carbocycles. The maximum Gasteiger partial charge on any atom is 0.314 e. The number of urea groups is 1. The zero-order valence-corrected chi connectivity index (χ0v) is 9.24. The Morgan fingerprint density at radius 3 is 2.47 bits per heavy atom. The Bertz CT molecular complexity index is 220. The van der Waals surface area contributed by atoms with Crippen molar-refractivity contribution < 1.29 is 4.79 Å². The minimum Gasteiger partial charge on any atom is -0.351 e. The predicted octanol–water partition coefficient (Wildman–Crippen LogP) is 0.919. The number of nitrogens with zero attached hydrogens (tertiary/aromatic N) is 1. The number of nitrogens with two attached hydrogens (primary N) is 1. The van der Waals surface area contributed by atoms with Crippen LogP contribution in [0.4, 0.5) is 4.79 Å². The van der Waals surface area contributed by atoms with Gasteiger partial charge >= 0.3 is 6.03 Å². The minimum absolute atomic E-state index is 0.272. The fourth-order valence-electron chi connectivity index (χ4n) is 2.20. The van der Waals surface area contributed by atoms with Crippen molar-refractivity contribution >= 4 is 6.03 Å². The standard InChI is InChI=1S/C11H21N3O/c12-11(15)14-7-4-10(5-8-14)13-6-3-9-1-2-9/h9-10,13H,1-8H2,(H2,12,15). The lowest BCUT2D eigenvalue weighted by Crippen LogP contribution is -2.47. The summed E-state index contributed by atoms with van der Waals surface area (Å²) in [7, 11) is 0. The van der Waals surface area contributed by atoms with Crippen molar-refractivity contribution in [3.63, 3.8) is 0 Å². The summed E-state index contributed by atoms with van der Waals surface area (Å²) >= 11 is 0. The van der Waals surface area contributed by atoms with E-state index in [2.05, 4.69) is 5.32 Å². The third kappa shape index (κ3) is 3.38.